The zero-order valence-electron chi connectivity index (χ0n) is 11.6. The fourth-order valence-corrected chi connectivity index (χ4v) is 2.98. The van der Waals surface area contributed by atoms with E-state index in [2.05, 4.69) is 33.0 Å². The van der Waals surface area contributed by atoms with Gasteiger partial charge < -0.3 is 11.1 Å². The standard InChI is InChI=1S/C14H30N2/c1-11(2)13(12(3)4)9-16-10-14(15)7-5-6-8-14/h11-13,16H,5-10,15H2,1-4H3. The quantitative estimate of drug-likeness (QED) is 0.731. The van der Waals surface area contributed by atoms with Gasteiger partial charge in [0, 0.05) is 12.1 Å². The van der Waals surface area contributed by atoms with Crippen molar-refractivity contribution in [2.75, 3.05) is 13.1 Å². The first-order chi connectivity index (χ1) is 7.44. The molecule has 1 fully saturated rings. The molecule has 0 aliphatic heterocycles. The van der Waals surface area contributed by atoms with E-state index in [9.17, 15) is 0 Å². The third kappa shape index (κ3) is 4.06. The lowest BCUT2D eigenvalue weighted by Gasteiger charge is -2.29. The number of hydrogen-bond donors (Lipinski definition) is 2. The van der Waals surface area contributed by atoms with E-state index in [1.54, 1.807) is 0 Å². The summed E-state index contributed by atoms with van der Waals surface area (Å²) in [6.45, 7) is 11.4. The van der Waals surface area contributed by atoms with Crippen molar-refractivity contribution in [3.8, 4) is 0 Å². The third-order valence-corrected chi connectivity index (χ3v) is 4.17. The lowest BCUT2D eigenvalue weighted by Crippen LogP contribution is -2.47. The van der Waals surface area contributed by atoms with Gasteiger partial charge in [0.15, 0.2) is 0 Å². The van der Waals surface area contributed by atoms with E-state index in [-0.39, 0.29) is 5.54 Å². The Labute approximate surface area is 101 Å². The molecule has 0 aromatic rings. The van der Waals surface area contributed by atoms with E-state index in [0.717, 1.165) is 30.8 Å². The summed E-state index contributed by atoms with van der Waals surface area (Å²) >= 11 is 0. The molecule has 0 heterocycles. The van der Waals surface area contributed by atoms with E-state index in [1.165, 1.54) is 25.7 Å². The van der Waals surface area contributed by atoms with Crippen LogP contribution in [0.1, 0.15) is 53.4 Å². The minimum Gasteiger partial charge on any atom is -0.324 e. The third-order valence-electron chi connectivity index (χ3n) is 4.17. The Morgan fingerprint density at radius 2 is 1.56 bits per heavy atom. The molecule has 3 N–H and O–H groups in total. The van der Waals surface area contributed by atoms with Gasteiger partial charge in [-0.1, -0.05) is 40.5 Å². The van der Waals surface area contributed by atoms with Crippen molar-refractivity contribution in [2.45, 2.75) is 58.9 Å². The smallest absolute Gasteiger partial charge is 0.0280 e. The average Bonchev–Trinajstić information content (AvgIpc) is 2.59. The Morgan fingerprint density at radius 3 is 2.00 bits per heavy atom. The molecule has 0 unspecified atom stereocenters. The maximum absolute atomic E-state index is 6.34. The molecule has 0 amide bonds. The Kier molecular flexibility index (Phi) is 5.26. The highest BCUT2D eigenvalue weighted by molar-refractivity contribution is 4.91. The lowest BCUT2D eigenvalue weighted by molar-refractivity contribution is 0.265. The average molecular weight is 226 g/mol. The van der Waals surface area contributed by atoms with Crippen LogP contribution in [0.4, 0.5) is 0 Å². The fraction of sp³-hybridized carbons (Fsp3) is 1.00. The minimum atomic E-state index is 0.0957. The highest BCUT2D eigenvalue weighted by atomic mass is 14.9. The van der Waals surface area contributed by atoms with Crippen molar-refractivity contribution in [3.63, 3.8) is 0 Å². The van der Waals surface area contributed by atoms with E-state index >= 15 is 0 Å². The zero-order valence-corrected chi connectivity index (χ0v) is 11.6. The van der Waals surface area contributed by atoms with Crippen LogP contribution in [0, 0.1) is 17.8 Å². The topological polar surface area (TPSA) is 38.0 Å². The van der Waals surface area contributed by atoms with Crippen LogP contribution >= 0.6 is 0 Å². The predicted molar refractivity (Wildman–Crippen MR) is 71.4 cm³/mol. The van der Waals surface area contributed by atoms with Crippen molar-refractivity contribution < 1.29 is 0 Å². The maximum Gasteiger partial charge on any atom is 0.0280 e. The van der Waals surface area contributed by atoms with Crippen molar-refractivity contribution in [2.24, 2.45) is 23.5 Å². The van der Waals surface area contributed by atoms with E-state index in [4.69, 9.17) is 5.73 Å². The molecule has 0 spiro atoms. The largest absolute Gasteiger partial charge is 0.324 e. The normalized spacial score (nSPS) is 20.2. The number of rotatable bonds is 6. The lowest BCUT2D eigenvalue weighted by atomic mass is 9.85. The van der Waals surface area contributed by atoms with E-state index < -0.39 is 0 Å². The summed E-state index contributed by atoms with van der Waals surface area (Å²) in [5, 5.41) is 3.61. The molecule has 1 aliphatic carbocycles. The van der Waals surface area contributed by atoms with Crippen molar-refractivity contribution in [1.29, 1.82) is 0 Å². The summed E-state index contributed by atoms with van der Waals surface area (Å²) < 4.78 is 0. The second-order valence-electron chi connectivity index (χ2n) is 6.35. The number of hydrogen-bond acceptors (Lipinski definition) is 2. The van der Waals surface area contributed by atoms with Crippen LogP contribution in [-0.2, 0) is 0 Å². The summed E-state index contributed by atoms with van der Waals surface area (Å²) in [7, 11) is 0. The van der Waals surface area contributed by atoms with Gasteiger partial charge in [0.25, 0.3) is 0 Å². The molecule has 96 valence electrons. The van der Waals surface area contributed by atoms with Crippen molar-refractivity contribution in [1.82, 2.24) is 5.32 Å². The van der Waals surface area contributed by atoms with Crippen LogP contribution in [0.2, 0.25) is 0 Å². The summed E-state index contributed by atoms with van der Waals surface area (Å²) in [5.74, 6) is 2.28. The van der Waals surface area contributed by atoms with Crippen LogP contribution in [0.25, 0.3) is 0 Å². The highest BCUT2D eigenvalue weighted by Gasteiger charge is 2.29. The molecule has 1 rings (SSSR count). The highest BCUT2D eigenvalue weighted by Crippen LogP contribution is 2.26. The molecule has 0 aromatic carbocycles. The van der Waals surface area contributed by atoms with Crippen LogP contribution in [-0.4, -0.2) is 18.6 Å². The number of nitrogens with one attached hydrogen (secondary N) is 1. The molecule has 0 saturated heterocycles. The van der Waals surface area contributed by atoms with Crippen molar-refractivity contribution in [3.05, 3.63) is 0 Å². The Bertz CT molecular complexity index is 185. The fourth-order valence-electron chi connectivity index (χ4n) is 2.98. The maximum atomic E-state index is 6.34. The zero-order chi connectivity index (χ0) is 12.2. The molecule has 0 aromatic heterocycles. The summed E-state index contributed by atoms with van der Waals surface area (Å²) in [6.07, 6.45) is 5.04. The molecular formula is C14H30N2. The second kappa shape index (κ2) is 6.02. The minimum absolute atomic E-state index is 0.0957. The molecule has 0 atom stereocenters. The molecule has 2 nitrogen and oxygen atoms in total. The molecule has 1 aliphatic rings. The molecule has 2 heteroatoms. The van der Waals surface area contributed by atoms with Gasteiger partial charge in [-0.25, -0.2) is 0 Å². The molecule has 1 saturated carbocycles. The Balaban J connectivity index is 2.27. The number of nitrogens with two attached hydrogens (primary N) is 1. The van der Waals surface area contributed by atoms with Crippen LogP contribution in [0.3, 0.4) is 0 Å². The van der Waals surface area contributed by atoms with Gasteiger partial charge in [0.05, 0.1) is 0 Å². The molecular weight excluding hydrogens is 196 g/mol. The first kappa shape index (κ1) is 14.0. The van der Waals surface area contributed by atoms with Gasteiger partial charge in [0.2, 0.25) is 0 Å². The molecule has 16 heavy (non-hydrogen) atoms. The van der Waals surface area contributed by atoms with Gasteiger partial charge in [-0.3, -0.25) is 0 Å². The van der Waals surface area contributed by atoms with Crippen LogP contribution in [0.5, 0.6) is 0 Å². The first-order valence-corrected chi connectivity index (χ1v) is 6.94. The molecule has 0 radical (unpaired) electrons. The first-order valence-electron chi connectivity index (χ1n) is 6.94. The SMILES string of the molecule is CC(C)C(CNCC1(N)CCCC1)C(C)C. The molecule has 0 bridgehead atoms. The van der Waals surface area contributed by atoms with Crippen molar-refractivity contribution >= 4 is 0 Å². The Morgan fingerprint density at radius 1 is 1.06 bits per heavy atom. The Hall–Kier alpha value is -0.0800. The monoisotopic (exact) mass is 226 g/mol. The summed E-state index contributed by atoms with van der Waals surface area (Å²) in [6, 6.07) is 0. The van der Waals surface area contributed by atoms with Crippen LogP contribution in [0.15, 0.2) is 0 Å². The van der Waals surface area contributed by atoms with Crippen LogP contribution < -0.4 is 11.1 Å². The van der Waals surface area contributed by atoms with Gasteiger partial charge in [-0.15, -0.1) is 0 Å². The van der Waals surface area contributed by atoms with Gasteiger partial charge in [-0.2, -0.15) is 0 Å². The van der Waals surface area contributed by atoms with Gasteiger partial charge in [0.1, 0.15) is 0 Å². The van der Waals surface area contributed by atoms with Gasteiger partial charge >= 0.3 is 0 Å². The summed E-state index contributed by atoms with van der Waals surface area (Å²) in [5.41, 5.74) is 6.43. The van der Waals surface area contributed by atoms with E-state index in [1.807, 2.05) is 0 Å². The summed E-state index contributed by atoms with van der Waals surface area (Å²) in [4.78, 5) is 0. The predicted octanol–water partition coefficient (Wildman–Crippen LogP) is 2.78. The van der Waals surface area contributed by atoms with Gasteiger partial charge in [-0.05, 0) is 37.1 Å². The second-order valence-corrected chi connectivity index (χ2v) is 6.35. The van der Waals surface area contributed by atoms with E-state index in [0.29, 0.717) is 0 Å².